The van der Waals surface area contributed by atoms with Gasteiger partial charge in [0.15, 0.2) is 0 Å². The Balaban J connectivity index is 2.77. The minimum absolute atomic E-state index is 0.273. The zero-order valence-electron chi connectivity index (χ0n) is 11.8. The van der Waals surface area contributed by atoms with E-state index in [9.17, 15) is 5.11 Å². The monoisotopic (exact) mass is 250 g/mol. The highest BCUT2D eigenvalue weighted by Gasteiger charge is 2.15. The normalized spacial score (nSPS) is 12.8. The molecule has 102 valence electrons. The Morgan fingerprint density at radius 3 is 2.61 bits per heavy atom. The van der Waals surface area contributed by atoms with E-state index in [-0.39, 0.29) is 12.0 Å². The van der Waals surface area contributed by atoms with Gasteiger partial charge < -0.3 is 15.7 Å². The molecule has 0 saturated heterocycles. The largest absolute Gasteiger partial charge is 0.391 e. The maximum absolute atomic E-state index is 10.1. The lowest BCUT2D eigenvalue weighted by Gasteiger charge is -2.29. The molecule has 0 aliphatic rings. The van der Waals surface area contributed by atoms with Crippen molar-refractivity contribution in [3.63, 3.8) is 0 Å². The number of nitrogens with two attached hydrogens (primary N) is 1. The standard InChI is InChI=1S/C15H26N2O/c1-12(2)15(18)11-17(9-5-8-16)14-7-4-6-13(3)10-14/h4,6-7,10,12,15,18H,5,8-9,11,16H2,1-3H3. The quantitative estimate of drug-likeness (QED) is 0.779. The fourth-order valence-electron chi connectivity index (χ4n) is 1.87. The molecule has 3 N–H and O–H groups in total. The van der Waals surface area contributed by atoms with Gasteiger partial charge in [-0.1, -0.05) is 26.0 Å². The van der Waals surface area contributed by atoms with Crippen LogP contribution in [-0.4, -0.2) is 30.8 Å². The first-order chi connectivity index (χ1) is 8.54. The van der Waals surface area contributed by atoms with Gasteiger partial charge in [-0.25, -0.2) is 0 Å². The smallest absolute Gasteiger partial charge is 0.0737 e. The van der Waals surface area contributed by atoms with Gasteiger partial charge in [0.1, 0.15) is 0 Å². The predicted octanol–water partition coefficient (Wildman–Crippen LogP) is 2.17. The number of aliphatic hydroxyl groups is 1. The molecule has 1 unspecified atom stereocenters. The van der Waals surface area contributed by atoms with E-state index in [0.717, 1.165) is 13.0 Å². The Bertz CT molecular complexity index is 352. The zero-order valence-corrected chi connectivity index (χ0v) is 11.8. The Kier molecular flexibility index (Phi) is 6.16. The Morgan fingerprint density at radius 1 is 1.33 bits per heavy atom. The van der Waals surface area contributed by atoms with Gasteiger partial charge in [-0.2, -0.15) is 0 Å². The topological polar surface area (TPSA) is 49.5 Å². The SMILES string of the molecule is Cc1cccc(N(CCCN)CC(O)C(C)C)c1. The van der Waals surface area contributed by atoms with Crippen molar-refractivity contribution >= 4 is 5.69 Å². The van der Waals surface area contributed by atoms with E-state index in [1.54, 1.807) is 0 Å². The third-order valence-corrected chi connectivity index (χ3v) is 3.18. The van der Waals surface area contributed by atoms with E-state index in [1.807, 2.05) is 13.8 Å². The Hall–Kier alpha value is -1.06. The minimum Gasteiger partial charge on any atom is -0.391 e. The summed E-state index contributed by atoms with van der Waals surface area (Å²) in [5.41, 5.74) is 8.00. The summed E-state index contributed by atoms with van der Waals surface area (Å²) in [6.07, 6.45) is 0.641. The molecule has 0 aliphatic carbocycles. The van der Waals surface area contributed by atoms with Gasteiger partial charge >= 0.3 is 0 Å². The maximum Gasteiger partial charge on any atom is 0.0737 e. The van der Waals surface area contributed by atoms with Crippen LogP contribution >= 0.6 is 0 Å². The molecule has 0 heterocycles. The van der Waals surface area contributed by atoms with Crippen LogP contribution in [0, 0.1) is 12.8 Å². The molecule has 0 bridgehead atoms. The first-order valence-corrected chi connectivity index (χ1v) is 6.74. The van der Waals surface area contributed by atoms with E-state index >= 15 is 0 Å². The van der Waals surface area contributed by atoms with E-state index in [2.05, 4.69) is 36.1 Å². The lowest BCUT2D eigenvalue weighted by molar-refractivity contribution is 0.131. The van der Waals surface area contributed by atoms with Gasteiger partial charge in [-0.3, -0.25) is 0 Å². The average Bonchev–Trinajstić information content (AvgIpc) is 2.34. The lowest BCUT2D eigenvalue weighted by atomic mass is 10.1. The number of anilines is 1. The van der Waals surface area contributed by atoms with Crippen LogP contribution in [0.5, 0.6) is 0 Å². The Labute approximate surface area is 111 Å². The molecule has 3 nitrogen and oxygen atoms in total. The van der Waals surface area contributed by atoms with Crippen LogP contribution < -0.4 is 10.6 Å². The molecule has 3 heteroatoms. The van der Waals surface area contributed by atoms with Crippen LogP contribution in [0.2, 0.25) is 0 Å². The van der Waals surface area contributed by atoms with Crippen LogP contribution in [0.3, 0.4) is 0 Å². The molecule has 1 atom stereocenters. The van der Waals surface area contributed by atoms with Crippen LogP contribution in [-0.2, 0) is 0 Å². The van der Waals surface area contributed by atoms with Crippen LogP contribution in [0.25, 0.3) is 0 Å². The molecule has 0 fully saturated rings. The predicted molar refractivity (Wildman–Crippen MR) is 77.9 cm³/mol. The van der Waals surface area contributed by atoms with Crippen molar-refractivity contribution in [2.24, 2.45) is 11.7 Å². The number of hydrogen-bond donors (Lipinski definition) is 2. The molecule has 18 heavy (non-hydrogen) atoms. The van der Waals surface area contributed by atoms with Crippen molar-refractivity contribution in [3.8, 4) is 0 Å². The molecular formula is C15H26N2O. The molecule has 0 saturated carbocycles. The fourth-order valence-corrected chi connectivity index (χ4v) is 1.87. The molecule has 0 aliphatic heterocycles. The molecule has 1 aromatic rings. The molecule has 1 rings (SSSR count). The van der Waals surface area contributed by atoms with E-state index in [1.165, 1.54) is 11.3 Å². The van der Waals surface area contributed by atoms with Crippen molar-refractivity contribution in [1.29, 1.82) is 0 Å². The number of nitrogens with zero attached hydrogens (tertiary/aromatic N) is 1. The second kappa shape index (κ2) is 7.39. The summed E-state index contributed by atoms with van der Waals surface area (Å²) in [6, 6.07) is 8.39. The fraction of sp³-hybridized carbons (Fsp3) is 0.600. The summed E-state index contributed by atoms with van der Waals surface area (Å²) >= 11 is 0. The summed E-state index contributed by atoms with van der Waals surface area (Å²) in [4.78, 5) is 2.23. The second-order valence-corrected chi connectivity index (χ2v) is 5.24. The highest BCUT2D eigenvalue weighted by atomic mass is 16.3. The molecule has 1 aromatic carbocycles. The van der Waals surface area contributed by atoms with Crippen molar-refractivity contribution in [3.05, 3.63) is 29.8 Å². The summed E-state index contributed by atoms with van der Waals surface area (Å²) in [7, 11) is 0. The van der Waals surface area contributed by atoms with Crippen LogP contribution in [0.4, 0.5) is 5.69 Å². The molecule has 0 spiro atoms. The van der Waals surface area contributed by atoms with E-state index in [0.29, 0.717) is 13.1 Å². The maximum atomic E-state index is 10.1. The van der Waals surface area contributed by atoms with Crippen molar-refractivity contribution in [2.75, 3.05) is 24.5 Å². The third kappa shape index (κ3) is 4.67. The van der Waals surface area contributed by atoms with Crippen LogP contribution in [0.1, 0.15) is 25.8 Å². The third-order valence-electron chi connectivity index (χ3n) is 3.18. The highest BCUT2D eigenvalue weighted by molar-refractivity contribution is 5.48. The van der Waals surface area contributed by atoms with Crippen LogP contribution in [0.15, 0.2) is 24.3 Å². The Morgan fingerprint density at radius 2 is 2.06 bits per heavy atom. The van der Waals surface area contributed by atoms with Crippen molar-refractivity contribution in [1.82, 2.24) is 0 Å². The summed E-state index contributed by atoms with van der Waals surface area (Å²) < 4.78 is 0. The number of benzene rings is 1. The minimum atomic E-state index is -0.303. The first kappa shape index (κ1) is 15.0. The van der Waals surface area contributed by atoms with Gasteiger partial charge in [-0.15, -0.1) is 0 Å². The van der Waals surface area contributed by atoms with Gasteiger partial charge in [-0.05, 0) is 43.5 Å². The highest BCUT2D eigenvalue weighted by Crippen LogP contribution is 2.18. The number of aliphatic hydroxyl groups excluding tert-OH is 1. The second-order valence-electron chi connectivity index (χ2n) is 5.24. The van der Waals surface area contributed by atoms with Gasteiger partial charge in [0, 0.05) is 18.8 Å². The van der Waals surface area contributed by atoms with E-state index < -0.39 is 0 Å². The number of rotatable bonds is 7. The molecule has 0 aromatic heterocycles. The van der Waals surface area contributed by atoms with Crippen molar-refractivity contribution in [2.45, 2.75) is 33.3 Å². The number of hydrogen-bond acceptors (Lipinski definition) is 3. The zero-order chi connectivity index (χ0) is 13.5. The molecule has 0 radical (unpaired) electrons. The van der Waals surface area contributed by atoms with Crippen molar-refractivity contribution < 1.29 is 5.11 Å². The number of aryl methyl sites for hydroxylation is 1. The molecule has 0 amide bonds. The summed E-state index contributed by atoms with van der Waals surface area (Å²) in [5.74, 6) is 0.273. The summed E-state index contributed by atoms with van der Waals surface area (Å²) in [5, 5.41) is 10.1. The molecular weight excluding hydrogens is 224 g/mol. The first-order valence-electron chi connectivity index (χ1n) is 6.74. The average molecular weight is 250 g/mol. The summed E-state index contributed by atoms with van der Waals surface area (Å²) in [6.45, 7) is 8.42. The van der Waals surface area contributed by atoms with Gasteiger partial charge in [0.25, 0.3) is 0 Å². The van der Waals surface area contributed by atoms with Gasteiger partial charge in [0.05, 0.1) is 6.10 Å². The van der Waals surface area contributed by atoms with Gasteiger partial charge in [0.2, 0.25) is 0 Å². The van der Waals surface area contributed by atoms with E-state index in [4.69, 9.17) is 5.73 Å². The lowest BCUT2D eigenvalue weighted by Crippen LogP contribution is -2.36.